The van der Waals surface area contributed by atoms with Crippen molar-refractivity contribution in [2.24, 2.45) is 0 Å². The van der Waals surface area contributed by atoms with Crippen LogP contribution in [0.2, 0.25) is 0 Å². The quantitative estimate of drug-likeness (QED) is 0.852. The van der Waals surface area contributed by atoms with Gasteiger partial charge < -0.3 is 15.4 Å². The smallest absolute Gasteiger partial charge is 0.255 e. The first kappa shape index (κ1) is 12.9. The van der Waals surface area contributed by atoms with Crippen LogP contribution in [-0.4, -0.2) is 32.1 Å². The largest absolute Gasteiger partial charge is 0.496 e. The van der Waals surface area contributed by atoms with Crippen molar-refractivity contribution >= 4 is 5.91 Å². The second kappa shape index (κ2) is 5.87. The zero-order chi connectivity index (χ0) is 13.0. The molecule has 2 rings (SSSR count). The van der Waals surface area contributed by atoms with Gasteiger partial charge in [0.2, 0.25) is 0 Å². The topological polar surface area (TPSA) is 50.4 Å². The van der Waals surface area contributed by atoms with E-state index in [0.29, 0.717) is 11.3 Å². The highest BCUT2D eigenvalue weighted by Crippen LogP contribution is 2.19. The maximum atomic E-state index is 12.2. The molecule has 0 aliphatic carbocycles. The molecule has 0 spiro atoms. The van der Waals surface area contributed by atoms with E-state index in [9.17, 15) is 4.79 Å². The third-order valence-corrected chi connectivity index (χ3v) is 3.23. The normalized spacial score (nSPS) is 19.3. The number of aryl methyl sites for hydroxylation is 1. The van der Waals surface area contributed by atoms with Gasteiger partial charge in [-0.2, -0.15) is 0 Å². The standard InChI is InChI=1S/C14H20N2O2/c1-10-5-6-13(18-2)12(8-10)14(17)16-11-4-3-7-15-9-11/h5-6,8,11,15H,3-4,7,9H2,1-2H3,(H,16,17)/t11-/m1/s1. The van der Waals surface area contributed by atoms with Crippen LogP contribution in [-0.2, 0) is 0 Å². The van der Waals surface area contributed by atoms with Crippen LogP contribution >= 0.6 is 0 Å². The van der Waals surface area contributed by atoms with Gasteiger partial charge in [-0.05, 0) is 38.4 Å². The first-order valence-corrected chi connectivity index (χ1v) is 6.37. The summed E-state index contributed by atoms with van der Waals surface area (Å²) in [5, 5.41) is 6.34. The average molecular weight is 248 g/mol. The molecule has 4 heteroatoms. The Morgan fingerprint density at radius 1 is 1.50 bits per heavy atom. The minimum absolute atomic E-state index is 0.0516. The number of carbonyl (C=O) groups excluding carboxylic acids is 1. The lowest BCUT2D eigenvalue weighted by atomic mass is 10.1. The van der Waals surface area contributed by atoms with E-state index in [-0.39, 0.29) is 11.9 Å². The fraction of sp³-hybridized carbons (Fsp3) is 0.500. The Kier molecular flexibility index (Phi) is 4.20. The monoisotopic (exact) mass is 248 g/mol. The Labute approximate surface area is 108 Å². The summed E-state index contributed by atoms with van der Waals surface area (Å²) in [5.41, 5.74) is 1.67. The molecule has 1 saturated heterocycles. The van der Waals surface area contributed by atoms with Crippen LogP contribution in [0.4, 0.5) is 0 Å². The summed E-state index contributed by atoms with van der Waals surface area (Å²) in [7, 11) is 1.59. The number of benzene rings is 1. The molecular weight excluding hydrogens is 228 g/mol. The highest BCUT2D eigenvalue weighted by molar-refractivity contribution is 5.97. The summed E-state index contributed by atoms with van der Waals surface area (Å²) in [4.78, 5) is 12.2. The van der Waals surface area contributed by atoms with E-state index in [1.54, 1.807) is 7.11 Å². The van der Waals surface area contributed by atoms with Crippen molar-refractivity contribution < 1.29 is 9.53 Å². The van der Waals surface area contributed by atoms with Crippen molar-refractivity contribution in [2.45, 2.75) is 25.8 Å². The fourth-order valence-corrected chi connectivity index (χ4v) is 2.24. The van der Waals surface area contributed by atoms with Crippen molar-refractivity contribution in [2.75, 3.05) is 20.2 Å². The number of amides is 1. The molecule has 2 N–H and O–H groups in total. The molecule has 0 aromatic heterocycles. The number of methoxy groups -OCH3 is 1. The molecule has 1 fully saturated rings. The Bertz CT molecular complexity index is 426. The number of piperidine rings is 1. The van der Waals surface area contributed by atoms with Crippen LogP contribution in [0, 0.1) is 6.92 Å². The van der Waals surface area contributed by atoms with E-state index in [2.05, 4.69) is 10.6 Å². The van der Waals surface area contributed by atoms with Crippen molar-refractivity contribution in [1.82, 2.24) is 10.6 Å². The number of ether oxygens (including phenoxy) is 1. The predicted molar refractivity (Wildman–Crippen MR) is 71.1 cm³/mol. The Morgan fingerprint density at radius 3 is 3.00 bits per heavy atom. The summed E-state index contributed by atoms with van der Waals surface area (Å²) in [5.74, 6) is 0.575. The van der Waals surface area contributed by atoms with Gasteiger partial charge in [-0.25, -0.2) is 0 Å². The number of nitrogens with one attached hydrogen (secondary N) is 2. The van der Waals surface area contributed by atoms with E-state index < -0.39 is 0 Å². The van der Waals surface area contributed by atoms with E-state index in [1.165, 1.54) is 0 Å². The molecule has 1 aromatic carbocycles. The lowest BCUT2D eigenvalue weighted by Crippen LogP contribution is -2.45. The van der Waals surface area contributed by atoms with Crippen LogP contribution < -0.4 is 15.4 Å². The molecule has 1 aliphatic rings. The molecular formula is C14H20N2O2. The molecule has 1 atom stereocenters. The van der Waals surface area contributed by atoms with Gasteiger partial charge in [-0.15, -0.1) is 0 Å². The molecule has 1 amide bonds. The number of hydrogen-bond donors (Lipinski definition) is 2. The van der Waals surface area contributed by atoms with Gasteiger partial charge in [0.1, 0.15) is 5.75 Å². The molecule has 0 bridgehead atoms. The second-order valence-corrected chi connectivity index (χ2v) is 4.72. The van der Waals surface area contributed by atoms with Gasteiger partial charge in [-0.1, -0.05) is 11.6 Å². The zero-order valence-corrected chi connectivity index (χ0v) is 11.0. The molecule has 0 radical (unpaired) electrons. The van der Waals surface area contributed by atoms with Gasteiger partial charge in [0.05, 0.1) is 12.7 Å². The van der Waals surface area contributed by atoms with Crippen molar-refractivity contribution in [3.8, 4) is 5.75 Å². The molecule has 98 valence electrons. The van der Waals surface area contributed by atoms with Crippen LogP contribution in [0.15, 0.2) is 18.2 Å². The maximum absolute atomic E-state index is 12.2. The summed E-state index contributed by atoms with van der Waals surface area (Å²) in [6.07, 6.45) is 2.14. The first-order valence-electron chi connectivity index (χ1n) is 6.37. The van der Waals surface area contributed by atoms with E-state index >= 15 is 0 Å². The van der Waals surface area contributed by atoms with Crippen molar-refractivity contribution in [3.05, 3.63) is 29.3 Å². The molecule has 0 unspecified atom stereocenters. The van der Waals surface area contributed by atoms with E-state index in [1.807, 2.05) is 25.1 Å². The SMILES string of the molecule is COc1ccc(C)cc1C(=O)N[C@@H]1CCCNC1. The zero-order valence-electron chi connectivity index (χ0n) is 11.0. The summed E-state index contributed by atoms with van der Waals surface area (Å²) in [6.45, 7) is 3.86. The Balaban J connectivity index is 2.09. The van der Waals surface area contributed by atoms with Crippen LogP contribution in [0.3, 0.4) is 0 Å². The van der Waals surface area contributed by atoms with Crippen molar-refractivity contribution in [3.63, 3.8) is 0 Å². The number of carbonyl (C=O) groups is 1. The minimum Gasteiger partial charge on any atom is -0.496 e. The minimum atomic E-state index is -0.0516. The Morgan fingerprint density at radius 2 is 2.33 bits per heavy atom. The lowest BCUT2D eigenvalue weighted by Gasteiger charge is -2.24. The first-order chi connectivity index (χ1) is 8.70. The highest BCUT2D eigenvalue weighted by Gasteiger charge is 2.18. The van der Waals surface area contributed by atoms with Gasteiger partial charge in [0, 0.05) is 12.6 Å². The molecule has 4 nitrogen and oxygen atoms in total. The fourth-order valence-electron chi connectivity index (χ4n) is 2.24. The molecule has 1 heterocycles. The maximum Gasteiger partial charge on any atom is 0.255 e. The highest BCUT2D eigenvalue weighted by atomic mass is 16.5. The van der Waals surface area contributed by atoms with Gasteiger partial charge >= 0.3 is 0 Å². The van der Waals surface area contributed by atoms with Crippen LogP contribution in [0.1, 0.15) is 28.8 Å². The second-order valence-electron chi connectivity index (χ2n) is 4.72. The third kappa shape index (κ3) is 3.01. The molecule has 0 saturated carbocycles. The molecule has 18 heavy (non-hydrogen) atoms. The number of rotatable bonds is 3. The van der Waals surface area contributed by atoms with Crippen molar-refractivity contribution in [1.29, 1.82) is 0 Å². The summed E-state index contributed by atoms with van der Waals surface area (Å²) in [6, 6.07) is 5.86. The van der Waals surface area contributed by atoms with Crippen LogP contribution in [0.25, 0.3) is 0 Å². The molecule has 1 aliphatic heterocycles. The third-order valence-electron chi connectivity index (χ3n) is 3.23. The average Bonchev–Trinajstić information content (AvgIpc) is 2.40. The van der Waals surface area contributed by atoms with E-state index in [4.69, 9.17) is 4.74 Å². The van der Waals surface area contributed by atoms with E-state index in [0.717, 1.165) is 31.5 Å². The predicted octanol–water partition coefficient (Wildman–Crippen LogP) is 1.49. The van der Waals surface area contributed by atoms with Gasteiger partial charge in [0.15, 0.2) is 0 Å². The lowest BCUT2D eigenvalue weighted by molar-refractivity contribution is 0.0927. The summed E-state index contributed by atoms with van der Waals surface area (Å²) >= 11 is 0. The van der Waals surface area contributed by atoms with Gasteiger partial charge in [-0.3, -0.25) is 4.79 Å². The summed E-state index contributed by atoms with van der Waals surface area (Å²) < 4.78 is 5.23. The Hall–Kier alpha value is -1.55. The molecule has 1 aromatic rings. The van der Waals surface area contributed by atoms with Gasteiger partial charge in [0.25, 0.3) is 5.91 Å². The number of hydrogen-bond acceptors (Lipinski definition) is 3. The van der Waals surface area contributed by atoms with Crippen LogP contribution in [0.5, 0.6) is 5.75 Å².